The molecule has 0 aromatic rings. The van der Waals surface area contributed by atoms with E-state index in [2.05, 4.69) is 0 Å². The fraction of sp³-hybridized carbons (Fsp3) is 0.818. The molecule has 17 heavy (non-hydrogen) atoms. The Morgan fingerprint density at radius 1 is 1.24 bits per heavy atom. The maximum absolute atomic E-state index is 11.1. The number of carboxylic acid groups (broad SMARTS) is 1. The van der Waals surface area contributed by atoms with Crippen LogP contribution in [0.4, 0.5) is 0 Å². The van der Waals surface area contributed by atoms with Crippen LogP contribution in [0.25, 0.3) is 0 Å². The first-order valence-corrected chi connectivity index (χ1v) is 5.66. The van der Waals surface area contributed by atoms with Crippen LogP contribution in [0.3, 0.4) is 0 Å². The van der Waals surface area contributed by atoms with Crippen molar-refractivity contribution in [3.63, 3.8) is 0 Å². The SMILES string of the molecule is CCCOC(C)OCOC(=O)CCCC(=O)O. The van der Waals surface area contributed by atoms with Gasteiger partial charge >= 0.3 is 11.9 Å². The van der Waals surface area contributed by atoms with E-state index in [1.807, 2.05) is 6.92 Å². The molecule has 6 heteroatoms. The first-order chi connectivity index (χ1) is 8.06. The lowest BCUT2D eigenvalue weighted by molar-refractivity contribution is -0.193. The minimum atomic E-state index is -0.921. The highest BCUT2D eigenvalue weighted by Crippen LogP contribution is 1.99. The van der Waals surface area contributed by atoms with Crippen molar-refractivity contribution >= 4 is 11.9 Å². The van der Waals surface area contributed by atoms with Gasteiger partial charge in [-0.1, -0.05) is 6.92 Å². The molecule has 0 aliphatic heterocycles. The minimum absolute atomic E-state index is 0.0357. The van der Waals surface area contributed by atoms with Crippen LogP contribution in [0.15, 0.2) is 0 Å². The quantitative estimate of drug-likeness (QED) is 0.466. The molecule has 0 spiro atoms. The van der Waals surface area contributed by atoms with Gasteiger partial charge in [0.15, 0.2) is 13.1 Å². The van der Waals surface area contributed by atoms with E-state index in [1.54, 1.807) is 6.92 Å². The van der Waals surface area contributed by atoms with Crippen LogP contribution in [-0.2, 0) is 23.8 Å². The molecule has 6 nitrogen and oxygen atoms in total. The third kappa shape index (κ3) is 11.1. The third-order valence-electron chi connectivity index (χ3n) is 1.85. The average Bonchev–Trinajstić information content (AvgIpc) is 2.25. The summed E-state index contributed by atoms with van der Waals surface area (Å²) in [7, 11) is 0. The van der Waals surface area contributed by atoms with Crippen molar-refractivity contribution in [2.24, 2.45) is 0 Å². The fourth-order valence-corrected chi connectivity index (χ4v) is 0.984. The molecule has 0 aliphatic carbocycles. The largest absolute Gasteiger partial charge is 0.481 e. The summed E-state index contributed by atoms with van der Waals surface area (Å²) in [5, 5.41) is 8.36. The smallest absolute Gasteiger partial charge is 0.307 e. The Kier molecular flexibility index (Phi) is 9.37. The molecule has 0 fully saturated rings. The topological polar surface area (TPSA) is 82.1 Å². The maximum atomic E-state index is 11.1. The van der Waals surface area contributed by atoms with Crippen molar-refractivity contribution in [3.05, 3.63) is 0 Å². The van der Waals surface area contributed by atoms with Crippen LogP contribution in [0.2, 0.25) is 0 Å². The van der Waals surface area contributed by atoms with Gasteiger partial charge in [0, 0.05) is 19.4 Å². The monoisotopic (exact) mass is 248 g/mol. The molecule has 0 saturated carbocycles. The van der Waals surface area contributed by atoms with Gasteiger partial charge in [0.05, 0.1) is 0 Å². The summed E-state index contributed by atoms with van der Waals surface area (Å²) in [5.41, 5.74) is 0. The van der Waals surface area contributed by atoms with Crippen molar-refractivity contribution < 1.29 is 28.9 Å². The van der Waals surface area contributed by atoms with Crippen LogP contribution >= 0.6 is 0 Å². The molecular weight excluding hydrogens is 228 g/mol. The van der Waals surface area contributed by atoms with E-state index in [0.717, 1.165) is 6.42 Å². The fourth-order valence-electron chi connectivity index (χ4n) is 0.984. The molecule has 0 heterocycles. The summed E-state index contributed by atoms with van der Waals surface area (Å²) >= 11 is 0. The van der Waals surface area contributed by atoms with Gasteiger partial charge < -0.3 is 19.3 Å². The van der Waals surface area contributed by atoms with Gasteiger partial charge in [-0.2, -0.15) is 0 Å². The highest BCUT2D eigenvalue weighted by Gasteiger charge is 2.06. The second-order valence-electron chi connectivity index (χ2n) is 3.49. The molecule has 0 saturated heterocycles. The normalized spacial score (nSPS) is 12.1. The zero-order valence-corrected chi connectivity index (χ0v) is 10.3. The van der Waals surface area contributed by atoms with Crippen molar-refractivity contribution in [1.82, 2.24) is 0 Å². The number of carbonyl (C=O) groups excluding carboxylic acids is 1. The molecule has 1 unspecified atom stereocenters. The van der Waals surface area contributed by atoms with Crippen molar-refractivity contribution in [2.75, 3.05) is 13.4 Å². The van der Waals surface area contributed by atoms with E-state index in [1.165, 1.54) is 0 Å². The highest BCUT2D eigenvalue weighted by atomic mass is 16.8. The highest BCUT2D eigenvalue weighted by molar-refractivity contribution is 5.71. The van der Waals surface area contributed by atoms with E-state index in [4.69, 9.17) is 19.3 Å². The van der Waals surface area contributed by atoms with E-state index in [9.17, 15) is 9.59 Å². The Morgan fingerprint density at radius 3 is 2.53 bits per heavy atom. The van der Waals surface area contributed by atoms with Gasteiger partial charge in [-0.05, 0) is 19.8 Å². The Balaban J connectivity index is 3.41. The third-order valence-corrected chi connectivity index (χ3v) is 1.85. The van der Waals surface area contributed by atoms with Crippen LogP contribution in [0.1, 0.15) is 39.5 Å². The Morgan fingerprint density at radius 2 is 1.94 bits per heavy atom. The molecule has 0 amide bonds. The molecule has 1 atom stereocenters. The molecule has 1 N–H and O–H groups in total. The second-order valence-corrected chi connectivity index (χ2v) is 3.49. The molecule has 0 aliphatic rings. The van der Waals surface area contributed by atoms with Gasteiger partial charge in [-0.25, -0.2) is 0 Å². The second kappa shape index (κ2) is 10.0. The molecule has 0 aromatic carbocycles. The Labute approximate surface area is 101 Å². The molecular formula is C11H20O6. The lowest BCUT2D eigenvalue weighted by Crippen LogP contribution is -2.17. The van der Waals surface area contributed by atoms with Gasteiger partial charge in [0.25, 0.3) is 0 Å². The van der Waals surface area contributed by atoms with E-state index in [0.29, 0.717) is 6.61 Å². The number of carbonyl (C=O) groups is 2. The Hall–Kier alpha value is -1.14. The number of rotatable bonds is 10. The zero-order chi connectivity index (χ0) is 13.1. The van der Waals surface area contributed by atoms with Gasteiger partial charge in [0.1, 0.15) is 0 Å². The van der Waals surface area contributed by atoms with E-state index < -0.39 is 18.2 Å². The number of esters is 1. The maximum Gasteiger partial charge on any atom is 0.307 e. The van der Waals surface area contributed by atoms with Crippen molar-refractivity contribution in [2.45, 2.75) is 45.8 Å². The summed E-state index contributed by atoms with van der Waals surface area (Å²) in [4.78, 5) is 21.3. The summed E-state index contributed by atoms with van der Waals surface area (Å²) in [6, 6.07) is 0. The van der Waals surface area contributed by atoms with E-state index >= 15 is 0 Å². The first-order valence-electron chi connectivity index (χ1n) is 5.66. The minimum Gasteiger partial charge on any atom is -0.481 e. The van der Waals surface area contributed by atoms with Crippen LogP contribution in [0.5, 0.6) is 0 Å². The number of aliphatic carboxylic acids is 1. The lowest BCUT2D eigenvalue weighted by atomic mass is 10.2. The summed E-state index contributed by atoms with van der Waals surface area (Å²) in [6.45, 7) is 4.12. The summed E-state index contributed by atoms with van der Waals surface area (Å²) < 4.78 is 15.0. The van der Waals surface area contributed by atoms with Gasteiger partial charge in [-0.15, -0.1) is 0 Å². The number of hydrogen-bond acceptors (Lipinski definition) is 5. The number of carboxylic acids is 1. The van der Waals surface area contributed by atoms with Crippen molar-refractivity contribution in [1.29, 1.82) is 0 Å². The molecule has 0 rings (SSSR count). The average molecular weight is 248 g/mol. The predicted octanol–water partition coefficient (Wildman–Crippen LogP) is 1.53. The molecule has 0 radical (unpaired) electrons. The van der Waals surface area contributed by atoms with Gasteiger partial charge in [-0.3, -0.25) is 9.59 Å². The lowest BCUT2D eigenvalue weighted by Gasteiger charge is -2.13. The van der Waals surface area contributed by atoms with Gasteiger partial charge in [0.2, 0.25) is 0 Å². The van der Waals surface area contributed by atoms with Crippen LogP contribution in [-0.4, -0.2) is 36.7 Å². The predicted molar refractivity (Wildman–Crippen MR) is 59.2 cm³/mol. The number of hydrogen-bond donors (Lipinski definition) is 1. The molecule has 0 aromatic heterocycles. The van der Waals surface area contributed by atoms with Crippen molar-refractivity contribution in [3.8, 4) is 0 Å². The molecule has 0 bridgehead atoms. The molecule has 100 valence electrons. The van der Waals surface area contributed by atoms with Crippen LogP contribution in [0, 0.1) is 0 Å². The standard InChI is InChI=1S/C11H20O6/c1-3-7-15-9(2)16-8-17-11(14)6-4-5-10(12)13/h9H,3-8H2,1-2H3,(H,12,13). The first kappa shape index (κ1) is 15.9. The number of ether oxygens (including phenoxy) is 3. The zero-order valence-electron chi connectivity index (χ0n) is 10.3. The summed E-state index contributed by atoms with van der Waals surface area (Å²) in [5.74, 6) is -1.38. The van der Waals surface area contributed by atoms with E-state index in [-0.39, 0.29) is 26.1 Å². The Bertz CT molecular complexity index is 228. The van der Waals surface area contributed by atoms with Crippen LogP contribution < -0.4 is 0 Å². The summed E-state index contributed by atoms with van der Waals surface area (Å²) in [6.07, 6.45) is 0.798.